The Hall–Kier alpha value is -4.29. The summed E-state index contributed by atoms with van der Waals surface area (Å²) in [5, 5.41) is 14.9. The van der Waals surface area contributed by atoms with Crippen LogP contribution in [0.2, 0.25) is 5.02 Å². The highest BCUT2D eigenvalue weighted by Gasteiger charge is 2.46. The first-order valence-corrected chi connectivity index (χ1v) is 14.8. The Morgan fingerprint density at radius 3 is 2.53 bits per heavy atom. The highest BCUT2D eigenvalue weighted by molar-refractivity contribution is 7.09. The molecule has 3 heterocycles. The average molecular weight is 624 g/mol. The van der Waals surface area contributed by atoms with E-state index in [1.165, 1.54) is 28.4 Å². The Bertz CT molecular complexity index is 1590. The Morgan fingerprint density at radius 2 is 1.91 bits per heavy atom. The van der Waals surface area contributed by atoms with Crippen LogP contribution in [0.1, 0.15) is 65.8 Å². The Kier molecular flexibility index (Phi) is 8.52. The number of ether oxygens (including phenoxy) is 1. The number of hydrogen-bond acceptors (Lipinski definition) is 8. The molecule has 0 radical (unpaired) electrons. The van der Waals surface area contributed by atoms with Crippen molar-refractivity contribution in [2.75, 3.05) is 19.6 Å². The molecule has 2 aromatic carbocycles. The quantitative estimate of drug-likeness (QED) is 0.286. The van der Waals surface area contributed by atoms with Crippen molar-refractivity contribution in [3.05, 3.63) is 80.8 Å². The average Bonchev–Trinajstić information content (AvgIpc) is 3.60. The molecule has 2 unspecified atom stereocenters. The van der Waals surface area contributed by atoms with Gasteiger partial charge in [0, 0.05) is 35.3 Å². The number of carboxylic acids is 1. The molecule has 0 bridgehead atoms. The maximum Gasteiger partial charge on any atom is 0.326 e. The number of amides is 3. The molecule has 5 rings (SSSR count). The lowest BCUT2D eigenvalue weighted by Gasteiger charge is -2.35. The van der Waals surface area contributed by atoms with Crippen molar-refractivity contribution in [3.8, 4) is 5.75 Å². The number of carbonyl (C=O) groups is 4. The Balaban J connectivity index is 1.69. The number of aromatic nitrogens is 1. The van der Waals surface area contributed by atoms with Crippen LogP contribution in [-0.2, 0) is 9.59 Å². The van der Waals surface area contributed by atoms with Gasteiger partial charge in [-0.05, 0) is 50.6 Å². The molecule has 224 valence electrons. The normalized spacial score (nSPS) is 18.7. The number of aliphatic carboxylic acids is 1. The lowest BCUT2D eigenvalue weighted by molar-refractivity contribution is -0.136. The van der Waals surface area contributed by atoms with Crippen molar-refractivity contribution in [1.29, 1.82) is 0 Å². The number of piperazine rings is 1. The maximum absolute atomic E-state index is 14.3. The summed E-state index contributed by atoms with van der Waals surface area (Å²) in [4.78, 5) is 63.2. The first kappa shape index (κ1) is 30.2. The fraction of sp³-hybridized carbons (Fsp3) is 0.333. The van der Waals surface area contributed by atoms with Gasteiger partial charge in [0.1, 0.15) is 47.2 Å². The predicted octanol–water partition coefficient (Wildman–Crippen LogP) is 4.73. The topological polar surface area (TPSA) is 142 Å². The molecular formula is C30H30ClN5O6S. The third-order valence-corrected chi connectivity index (χ3v) is 7.87. The second-order valence-electron chi connectivity index (χ2n) is 11.1. The molecule has 2 aliphatic rings. The first-order valence-electron chi connectivity index (χ1n) is 13.6. The summed E-state index contributed by atoms with van der Waals surface area (Å²) in [5.74, 6) is -1.57. The van der Waals surface area contributed by atoms with Gasteiger partial charge in [0.25, 0.3) is 0 Å². The minimum atomic E-state index is -1.24. The van der Waals surface area contributed by atoms with Crippen LogP contribution < -0.4 is 10.1 Å². The minimum Gasteiger partial charge on any atom is -0.487 e. The molecule has 3 amide bonds. The zero-order chi connectivity index (χ0) is 30.9. The molecule has 2 N–H and O–H groups in total. The van der Waals surface area contributed by atoms with E-state index in [0.29, 0.717) is 28.7 Å². The summed E-state index contributed by atoms with van der Waals surface area (Å²) in [6.45, 7) is 6.01. The summed E-state index contributed by atoms with van der Waals surface area (Å²) in [6.07, 6.45) is 0.979. The van der Waals surface area contributed by atoms with Crippen LogP contribution in [0.25, 0.3) is 0 Å². The van der Waals surface area contributed by atoms with E-state index in [4.69, 9.17) is 21.3 Å². The molecule has 0 spiro atoms. The van der Waals surface area contributed by atoms with Crippen molar-refractivity contribution in [2.45, 2.75) is 44.9 Å². The van der Waals surface area contributed by atoms with Gasteiger partial charge >= 0.3 is 12.0 Å². The summed E-state index contributed by atoms with van der Waals surface area (Å²) < 4.78 is 6.29. The van der Waals surface area contributed by atoms with Crippen LogP contribution in [0.15, 0.2) is 59.0 Å². The van der Waals surface area contributed by atoms with Crippen LogP contribution in [0.4, 0.5) is 4.79 Å². The van der Waals surface area contributed by atoms with Crippen molar-refractivity contribution >= 4 is 52.5 Å². The third-order valence-electron chi connectivity index (χ3n) is 6.77. The van der Waals surface area contributed by atoms with Crippen LogP contribution in [-0.4, -0.2) is 74.7 Å². The van der Waals surface area contributed by atoms with E-state index in [0.717, 1.165) is 5.56 Å². The van der Waals surface area contributed by atoms with Crippen LogP contribution in [0.5, 0.6) is 5.75 Å². The van der Waals surface area contributed by atoms with Crippen molar-refractivity contribution in [2.24, 2.45) is 4.99 Å². The standard InChI is InChI=1S/C30H30ClN5O6S/c1-30(2,3)42-22-14-18(21(37)15-24(39)40)6-9-20(22)27-34-25(17-4-7-19(31)8-5-17)26(28-33-11-13-43-28)36(27)29(41)35-12-10-32-23(38)16-35/h4-9,11,13-14,25-26H,10,12,15-16H2,1-3H3,(H,32,38)(H,39,40). The molecule has 0 saturated carbocycles. The van der Waals surface area contributed by atoms with Gasteiger partial charge in [0.2, 0.25) is 5.91 Å². The number of nitrogens with zero attached hydrogens (tertiary/aromatic N) is 4. The fourth-order valence-corrected chi connectivity index (χ4v) is 5.86. The third kappa shape index (κ3) is 6.70. The zero-order valence-corrected chi connectivity index (χ0v) is 25.3. The molecule has 13 heteroatoms. The molecule has 11 nitrogen and oxygen atoms in total. The first-order chi connectivity index (χ1) is 20.4. The van der Waals surface area contributed by atoms with Crippen molar-refractivity contribution in [3.63, 3.8) is 0 Å². The Morgan fingerprint density at radius 1 is 1.16 bits per heavy atom. The van der Waals surface area contributed by atoms with E-state index >= 15 is 0 Å². The highest BCUT2D eigenvalue weighted by atomic mass is 35.5. The van der Waals surface area contributed by atoms with Crippen LogP contribution >= 0.6 is 22.9 Å². The minimum absolute atomic E-state index is 0.118. The van der Waals surface area contributed by atoms with Crippen molar-refractivity contribution in [1.82, 2.24) is 20.1 Å². The van der Waals surface area contributed by atoms with E-state index < -0.39 is 41.9 Å². The van der Waals surface area contributed by atoms with Gasteiger partial charge in [-0.25, -0.2) is 9.78 Å². The molecule has 3 aromatic rings. The van der Waals surface area contributed by atoms with E-state index in [2.05, 4.69) is 10.3 Å². The second kappa shape index (κ2) is 12.1. The van der Waals surface area contributed by atoms with Gasteiger partial charge in [0.05, 0.1) is 5.56 Å². The summed E-state index contributed by atoms with van der Waals surface area (Å²) in [7, 11) is 0. The number of halogens is 1. The SMILES string of the molecule is CC(C)(C)Oc1cc(C(=O)CC(=O)O)ccc1C1=NC(c2ccc(Cl)cc2)C(c2nccs2)N1C(=O)N1CCNC(=O)C1. The van der Waals surface area contributed by atoms with Gasteiger partial charge in [-0.15, -0.1) is 11.3 Å². The number of urea groups is 1. The van der Waals surface area contributed by atoms with E-state index in [-0.39, 0.29) is 29.6 Å². The number of carbonyl (C=O) groups excluding carboxylic acids is 3. The number of aliphatic imine (C=N–C) groups is 1. The maximum atomic E-state index is 14.3. The number of carboxylic acid groups (broad SMARTS) is 1. The summed E-state index contributed by atoms with van der Waals surface area (Å²) >= 11 is 7.57. The molecule has 2 atom stereocenters. The van der Waals surface area contributed by atoms with E-state index in [9.17, 15) is 24.3 Å². The monoisotopic (exact) mass is 623 g/mol. The van der Waals surface area contributed by atoms with Gasteiger partial charge in [-0.1, -0.05) is 29.8 Å². The lowest BCUT2D eigenvalue weighted by atomic mass is 10.00. The molecule has 2 aliphatic heterocycles. The lowest BCUT2D eigenvalue weighted by Crippen LogP contribution is -2.55. The molecular weight excluding hydrogens is 594 g/mol. The van der Waals surface area contributed by atoms with E-state index in [1.807, 2.05) is 38.3 Å². The number of rotatable bonds is 7. The molecule has 1 fully saturated rings. The van der Waals surface area contributed by atoms with Crippen LogP contribution in [0.3, 0.4) is 0 Å². The number of amidine groups is 1. The van der Waals surface area contributed by atoms with Gasteiger partial charge in [0.15, 0.2) is 5.78 Å². The smallest absolute Gasteiger partial charge is 0.326 e. The predicted molar refractivity (Wildman–Crippen MR) is 161 cm³/mol. The largest absolute Gasteiger partial charge is 0.487 e. The molecule has 0 aliphatic carbocycles. The summed E-state index contributed by atoms with van der Waals surface area (Å²) in [5.41, 5.74) is 0.655. The molecule has 43 heavy (non-hydrogen) atoms. The van der Waals surface area contributed by atoms with E-state index in [1.54, 1.807) is 29.3 Å². The molecule has 1 aromatic heterocycles. The number of ketones is 1. The van der Waals surface area contributed by atoms with Gasteiger partial charge in [-0.3, -0.25) is 24.3 Å². The van der Waals surface area contributed by atoms with Crippen LogP contribution in [0, 0.1) is 0 Å². The van der Waals surface area contributed by atoms with Gasteiger partial charge in [-0.2, -0.15) is 0 Å². The Labute approximate surface area is 257 Å². The summed E-state index contributed by atoms with van der Waals surface area (Å²) in [6, 6.07) is 10.1. The number of thiazole rings is 1. The fourth-order valence-electron chi connectivity index (χ4n) is 4.98. The molecule has 1 saturated heterocycles. The number of hydrogen-bond donors (Lipinski definition) is 2. The van der Waals surface area contributed by atoms with Crippen molar-refractivity contribution < 1.29 is 29.0 Å². The zero-order valence-electron chi connectivity index (χ0n) is 23.7. The number of nitrogens with one attached hydrogen (secondary N) is 1. The number of Topliss-reactive ketones (excluding diaryl/α,β-unsaturated/α-hetero) is 1. The second-order valence-corrected chi connectivity index (χ2v) is 12.5. The number of benzene rings is 2. The van der Waals surface area contributed by atoms with Gasteiger partial charge < -0.3 is 20.1 Å². The highest BCUT2D eigenvalue weighted by Crippen LogP contribution is 2.46.